The molecule has 0 unspecified atom stereocenters. The Morgan fingerprint density at radius 1 is 1.29 bits per heavy atom. The number of likely N-dealkylation sites (tertiary alicyclic amines) is 1. The first-order valence-corrected chi connectivity index (χ1v) is 7.78. The zero-order valence-corrected chi connectivity index (χ0v) is 12.7. The standard InChI is InChI=1S/C17H24N4/c1-18-16-8-12-21(13-16)17-9-11-20(14-19-17)10-7-15-5-3-2-4-6-15/h2-6,9,11,16,18H,7-8,10,12-14H2,1H3/t16-/m1/s1. The van der Waals surface area contributed by atoms with E-state index >= 15 is 0 Å². The minimum atomic E-state index is 0.609. The van der Waals surface area contributed by atoms with E-state index in [-0.39, 0.29) is 0 Å². The van der Waals surface area contributed by atoms with Crippen LogP contribution in [0.4, 0.5) is 0 Å². The summed E-state index contributed by atoms with van der Waals surface area (Å²) in [4.78, 5) is 9.39. The van der Waals surface area contributed by atoms with Crippen molar-refractivity contribution < 1.29 is 0 Å². The number of aliphatic imine (C=N–C) groups is 1. The van der Waals surface area contributed by atoms with E-state index < -0.39 is 0 Å². The number of likely N-dealkylation sites (N-methyl/N-ethyl adjacent to an activating group) is 1. The van der Waals surface area contributed by atoms with Crippen molar-refractivity contribution in [1.29, 1.82) is 0 Å². The smallest absolute Gasteiger partial charge is 0.127 e. The number of nitrogens with zero attached hydrogens (tertiary/aromatic N) is 3. The lowest BCUT2D eigenvalue weighted by atomic mass is 10.1. The van der Waals surface area contributed by atoms with Gasteiger partial charge in [0.15, 0.2) is 0 Å². The average Bonchev–Trinajstić information content (AvgIpc) is 3.03. The summed E-state index contributed by atoms with van der Waals surface area (Å²) in [7, 11) is 2.04. The predicted octanol–water partition coefficient (Wildman–Crippen LogP) is 1.71. The van der Waals surface area contributed by atoms with Crippen LogP contribution in [0, 0.1) is 0 Å². The summed E-state index contributed by atoms with van der Waals surface area (Å²) in [5.41, 5.74) is 1.39. The van der Waals surface area contributed by atoms with Gasteiger partial charge in [0.05, 0.1) is 0 Å². The predicted molar refractivity (Wildman–Crippen MR) is 87.3 cm³/mol. The fourth-order valence-corrected chi connectivity index (χ4v) is 2.91. The highest BCUT2D eigenvalue weighted by atomic mass is 15.3. The summed E-state index contributed by atoms with van der Waals surface area (Å²) in [5, 5.41) is 3.35. The lowest BCUT2D eigenvalue weighted by Crippen LogP contribution is -2.35. The summed E-state index contributed by atoms with van der Waals surface area (Å²) in [6.07, 6.45) is 6.63. The molecule has 4 nitrogen and oxygen atoms in total. The molecule has 21 heavy (non-hydrogen) atoms. The summed E-state index contributed by atoms with van der Waals surface area (Å²) < 4.78 is 0. The van der Waals surface area contributed by atoms with Crippen molar-refractivity contribution in [3.63, 3.8) is 0 Å². The Kier molecular flexibility index (Phi) is 4.55. The lowest BCUT2D eigenvalue weighted by Gasteiger charge is -2.26. The summed E-state index contributed by atoms with van der Waals surface area (Å²) in [5.74, 6) is 1.14. The molecule has 1 atom stereocenters. The molecular weight excluding hydrogens is 260 g/mol. The molecule has 0 bridgehead atoms. The number of nitrogens with one attached hydrogen (secondary N) is 1. The van der Waals surface area contributed by atoms with Crippen molar-refractivity contribution in [3.8, 4) is 0 Å². The molecule has 1 saturated heterocycles. The van der Waals surface area contributed by atoms with Gasteiger partial charge in [0.1, 0.15) is 12.5 Å². The maximum atomic E-state index is 4.73. The molecule has 1 N–H and O–H groups in total. The highest BCUT2D eigenvalue weighted by Gasteiger charge is 2.23. The van der Waals surface area contributed by atoms with Crippen molar-refractivity contribution in [2.45, 2.75) is 18.9 Å². The van der Waals surface area contributed by atoms with E-state index in [0.717, 1.165) is 38.6 Å². The third-order valence-electron chi connectivity index (χ3n) is 4.30. The van der Waals surface area contributed by atoms with Gasteiger partial charge < -0.3 is 15.1 Å². The van der Waals surface area contributed by atoms with Gasteiger partial charge in [-0.25, -0.2) is 4.99 Å². The lowest BCUT2D eigenvalue weighted by molar-refractivity contribution is 0.380. The number of amidine groups is 1. The van der Waals surface area contributed by atoms with Gasteiger partial charge in [0.2, 0.25) is 0 Å². The molecule has 0 radical (unpaired) electrons. The monoisotopic (exact) mass is 284 g/mol. The van der Waals surface area contributed by atoms with Crippen LogP contribution >= 0.6 is 0 Å². The number of hydrogen-bond acceptors (Lipinski definition) is 4. The van der Waals surface area contributed by atoms with Gasteiger partial charge in [-0.1, -0.05) is 30.3 Å². The maximum absolute atomic E-state index is 4.73. The van der Waals surface area contributed by atoms with Crippen LogP contribution in [-0.2, 0) is 6.42 Å². The van der Waals surface area contributed by atoms with Gasteiger partial charge in [0.25, 0.3) is 0 Å². The van der Waals surface area contributed by atoms with Crippen LogP contribution in [0.5, 0.6) is 0 Å². The fraction of sp³-hybridized carbons (Fsp3) is 0.471. The van der Waals surface area contributed by atoms with E-state index in [2.05, 4.69) is 57.7 Å². The van der Waals surface area contributed by atoms with Crippen molar-refractivity contribution in [2.75, 3.05) is 33.4 Å². The van der Waals surface area contributed by atoms with Gasteiger partial charge in [-0.05, 0) is 31.5 Å². The fourth-order valence-electron chi connectivity index (χ4n) is 2.91. The van der Waals surface area contributed by atoms with Crippen molar-refractivity contribution in [1.82, 2.24) is 15.1 Å². The van der Waals surface area contributed by atoms with Crippen LogP contribution in [0.1, 0.15) is 12.0 Å². The normalized spacial score (nSPS) is 21.8. The third kappa shape index (κ3) is 3.64. The van der Waals surface area contributed by atoms with Gasteiger partial charge in [-0.3, -0.25) is 0 Å². The molecule has 0 amide bonds. The summed E-state index contributed by atoms with van der Waals surface area (Å²) in [6.45, 7) is 3.98. The SMILES string of the molecule is CN[C@@H]1CCN(C2=NCN(CCc3ccccc3)C=C2)C1. The first kappa shape index (κ1) is 14.1. The van der Waals surface area contributed by atoms with Crippen LogP contribution in [0.2, 0.25) is 0 Å². The minimum Gasteiger partial charge on any atom is -0.358 e. The van der Waals surface area contributed by atoms with Crippen molar-refractivity contribution in [3.05, 3.63) is 48.2 Å². The van der Waals surface area contributed by atoms with E-state index in [9.17, 15) is 0 Å². The molecule has 4 heteroatoms. The molecule has 2 heterocycles. The molecule has 112 valence electrons. The Balaban J connectivity index is 1.47. The molecule has 0 saturated carbocycles. The van der Waals surface area contributed by atoms with E-state index in [1.807, 2.05) is 7.05 Å². The molecule has 1 fully saturated rings. The topological polar surface area (TPSA) is 30.9 Å². The molecule has 1 aromatic rings. The minimum absolute atomic E-state index is 0.609. The molecule has 2 aliphatic heterocycles. The third-order valence-corrected chi connectivity index (χ3v) is 4.30. The maximum Gasteiger partial charge on any atom is 0.127 e. The zero-order valence-electron chi connectivity index (χ0n) is 12.7. The first-order valence-electron chi connectivity index (χ1n) is 7.78. The highest BCUT2D eigenvalue weighted by Crippen LogP contribution is 2.13. The highest BCUT2D eigenvalue weighted by molar-refractivity contribution is 5.93. The van der Waals surface area contributed by atoms with Crippen LogP contribution in [0.3, 0.4) is 0 Å². The second-order valence-electron chi connectivity index (χ2n) is 5.74. The zero-order chi connectivity index (χ0) is 14.5. The summed E-state index contributed by atoms with van der Waals surface area (Å²) in [6, 6.07) is 11.2. The molecule has 0 aromatic heterocycles. The molecule has 2 aliphatic rings. The van der Waals surface area contributed by atoms with E-state index in [4.69, 9.17) is 4.99 Å². The quantitative estimate of drug-likeness (QED) is 0.913. The van der Waals surface area contributed by atoms with Crippen molar-refractivity contribution in [2.24, 2.45) is 4.99 Å². The van der Waals surface area contributed by atoms with Crippen molar-refractivity contribution >= 4 is 5.84 Å². The molecule has 0 spiro atoms. The van der Waals surface area contributed by atoms with Crippen LogP contribution < -0.4 is 5.32 Å². The molecule has 1 aromatic carbocycles. The van der Waals surface area contributed by atoms with Gasteiger partial charge >= 0.3 is 0 Å². The number of benzene rings is 1. The van der Waals surface area contributed by atoms with Gasteiger partial charge in [-0.2, -0.15) is 0 Å². The second-order valence-corrected chi connectivity index (χ2v) is 5.74. The van der Waals surface area contributed by atoms with E-state index in [0.29, 0.717) is 6.04 Å². The van der Waals surface area contributed by atoms with Crippen LogP contribution in [-0.4, -0.2) is 55.0 Å². The number of rotatable bonds is 4. The Morgan fingerprint density at radius 3 is 2.81 bits per heavy atom. The second kappa shape index (κ2) is 6.76. The Morgan fingerprint density at radius 2 is 2.14 bits per heavy atom. The first-order chi connectivity index (χ1) is 10.3. The Labute approximate surface area is 127 Å². The summed E-state index contributed by atoms with van der Waals surface area (Å²) >= 11 is 0. The van der Waals surface area contributed by atoms with E-state index in [1.165, 1.54) is 12.0 Å². The van der Waals surface area contributed by atoms with Gasteiger partial charge in [-0.15, -0.1) is 0 Å². The molecular formula is C17H24N4. The Bertz CT molecular complexity index is 509. The largest absolute Gasteiger partial charge is 0.358 e. The molecule has 0 aliphatic carbocycles. The Hall–Kier alpha value is -1.81. The average molecular weight is 284 g/mol. The number of hydrogen-bond donors (Lipinski definition) is 1. The van der Waals surface area contributed by atoms with Crippen LogP contribution in [0.15, 0.2) is 47.6 Å². The van der Waals surface area contributed by atoms with E-state index in [1.54, 1.807) is 0 Å². The molecule has 3 rings (SSSR count). The van der Waals surface area contributed by atoms with Crippen LogP contribution in [0.25, 0.3) is 0 Å². The van der Waals surface area contributed by atoms with Gasteiger partial charge in [0, 0.05) is 31.9 Å².